The molecule has 0 unspecified atom stereocenters. The summed E-state index contributed by atoms with van der Waals surface area (Å²) in [6.45, 7) is 9.15. The minimum atomic E-state index is 0.700. The number of amidine groups is 1. The molecule has 1 aliphatic heterocycles. The molecule has 0 spiro atoms. The van der Waals surface area contributed by atoms with Crippen LogP contribution < -0.4 is 5.32 Å². The highest BCUT2D eigenvalue weighted by molar-refractivity contribution is 5.78. The first-order valence-corrected chi connectivity index (χ1v) is 7.22. The van der Waals surface area contributed by atoms with Crippen LogP contribution in [-0.2, 0) is 0 Å². The van der Waals surface area contributed by atoms with Gasteiger partial charge in [-0.1, -0.05) is 20.3 Å². The fourth-order valence-electron chi connectivity index (χ4n) is 2.25. The van der Waals surface area contributed by atoms with Gasteiger partial charge < -0.3 is 10.2 Å². The Morgan fingerprint density at radius 2 is 1.94 bits per heavy atom. The van der Waals surface area contributed by atoms with E-state index in [-0.39, 0.29) is 0 Å². The number of nitrogens with one attached hydrogen (secondary N) is 2. The topological polar surface area (TPSA) is 39.1 Å². The van der Waals surface area contributed by atoms with Gasteiger partial charge in [-0.15, -0.1) is 0 Å². The average Bonchev–Trinajstić information content (AvgIpc) is 2.33. The SMILES string of the molecule is CC(C)CCC(=N)NCCCN1CCCCC1. The largest absolute Gasteiger partial charge is 0.374 e. The van der Waals surface area contributed by atoms with Crippen LogP contribution in [0.2, 0.25) is 0 Å². The highest BCUT2D eigenvalue weighted by Gasteiger charge is 2.08. The molecule has 0 radical (unpaired) electrons. The van der Waals surface area contributed by atoms with Crippen LogP contribution in [0.3, 0.4) is 0 Å². The summed E-state index contributed by atoms with van der Waals surface area (Å²) in [5.41, 5.74) is 0. The molecule has 1 fully saturated rings. The van der Waals surface area contributed by atoms with Gasteiger partial charge in [-0.25, -0.2) is 0 Å². The van der Waals surface area contributed by atoms with E-state index < -0.39 is 0 Å². The van der Waals surface area contributed by atoms with Gasteiger partial charge in [0.25, 0.3) is 0 Å². The van der Waals surface area contributed by atoms with Gasteiger partial charge in [0.2, 0.25) is 0 Å². The summed E-state index contributed by atoms with van der Waals surface area (Å²) in [5, 5.41) is 11.0. The van der Waals surface area contributed by atoms with E-state index in [4.69, 9.17) is 5.41 Å². The Kier molecular flexibility index (Phi) is 7.25. The fourth-order valence-corrected chi connectivity index (χ4v) is 2.25. The summed E-state index contributed by atoms with van der Waals surface area (Å²) < 4.78 is 0. The van der Waals surface area contributed by atoms with E-state index in [9.17, 15) is 0 Å². The van der Waals surface area contributed by atoms with Crippen molar-refractivity contribution in [1.82, 2.24) is 10.2 Å². The summed E-state index contributed by atoms with van der Waals surface area (Å²) in [5.74, 6) is 1.42. The lowest BCUT2D eigenvalue weighted by atomic mass is 10.1. The normalized spacial score (nSPS) is 17.4. The van der Waals surface area contributed by atoms with E-state index >= 15 is 0 Å². The van der Waals surface area contributed by atoms with Gasteiger partial charge in [-0.05, 0) is 51.2 Å². The first-order valence-electron chi connectivity index (χ1n) is 7.22. The van der Waals surface area contributed by atoms with Crippen molar-refractivity contribution in [2.45, 2.75) is 52.4 Å². The summed E-state index contributed by atoms with van der Waals surface area (Å²) in [6, 6.07) is 0. The minimum absolute atomic E-state index is 0.700. The van der Waals surface area contributed by atoms with Gasteiger partial charge in [0, 0.05) is 13.0 Å². The number of piperidine rings is 1. The van der Waals surface area contributed by atoms with E-state index in [1.165, 1.54) is 45.3 Å². The Hall–Kier alpha value is -0.570. The molecule has 0 atom stereocenters. The van der Waals surface area contributed by atoms with E-state index in [0.717, 1.165) is 25.2 Å². The fraction of sp³-hybridized carbons (Fsp3) is 0.929. The van der Waals surface area contributed by atoms with E-state index in [2.05, 4.69) is 24.1 Å². The molecule has 17 heavy (non-hydrogen) atoms. The molecule has 1 rings (SSSR count). The Labute approximate surface area is 106 Å². The van der Waals surface area contributed by atoms with Crippen molar-refractivity contribution in [3.05, 3.63) is 0 Å². The zero-order chi connectivity index (χ0) is 12.5. The van der Waals surface area contributed by atoms with E-state index in [1.54, 1.807) is 0 Å². The molecule has 0 aromatic rings. The van der Waals surface area contributed by atoms with Crippen molar-refractivity contribution in [3.63, 3.8) is 0 Å². The first-order chi connectivity index (χ1) is 8.18. The lowest BCUT2D eigenvalue weighted by Gasteiger charge is -2.26. The molecule has 3 nitrogen and oxygen atoms in total. The number of rotatable bonds is 7. The molecular weight excluding hydrogens is 210 g/mol. The minimum Gasteiger partial charge on any atom is -0.374 e. The van der Waals surface area contributed by atoms with Crippen LogP contribution in [0.1, 0.15) is 52.4 Å². The highest BCUT2D eigenvalue weighted by atomic mass is 15.1. The van der Waals surface area contributed by atoms with Gasteiger partial charge in [-0.3, -0.25) is 5.41 Å². The van der Waals surface area contributed by atoms with Crippen molar-refractivity contribution in [3.8, 4) is 0 Å². The second kappa shape index (κ2) is 8.51. The third kappa shape index (κ3) is 7.37. The van der Waals surface area contributed by atoms with Gasteiger partial charge >= 0.3 is 0 Å². The molecule has 0 aliphatic carbocycles. The van der Waals surface area contributed by atoms with Gasteiger partial charge in [0.1, 0.15) is 0 Å². The maximum atomic E-state index is 7.78. The molecule has 1 heterocycles. The lowest BCUT2D eigenvalue weighted by molar-refractivity contribution is 0.227. The standard InChI is InChI=1S/C14H29N3/c1-13(2)7-8-14(15)16-9-6-12-17-10-4-3-5-11-17/h13H,3-12H2,1-2H3,(H2,15,16). The maximum absolute atomic E-state index is 7.78. The van der Waals surface area contributed by atoms with Gasteiger partial charge in [0.15, 0.2) is 0 Å². The molecule has 0 saturated carbocycles. The summed E-state index contributed by atoms with van der Waals surface area (Å²) in [4.78, 5) is 2.56. The molecule has 100 valence electrons. The van der Waals surface area contributed by atoms with E-state index in [1.807, 2.05) is 0 Å². The Bertz CT molecular complexity index is 208. The van der Waals surface area contributed by atoms with Crippen LogP contribution in [0, 0.1) is 11.3 Å². The Morgan fingerprint density at radius 1 is 1.24 bits per heavy atom. The quantitative estimate of drug-likeness (QED) is 0.407. The smallest absolute Gasteiger partial charge is 0.0931 e. The molecule has 0 aromatic heterocycles. The van der Waals surface area contributed by atoms with Crippen molar-refractivity contribution in [1.29, 1.82) is 5.41 Å². The van der Waals surface area contributed by atoms with Crippen LogP contribution >= 0.6 is 0 Å². The maximum Gasteiger partial charge on any atom is 0.0931 e. The van der Waals surface area contributed by atoms with Crippen LogP contribution in [0.25, 0.3) is 0 Å². The monoisotopic (exact) mass is 239 g/mol. The summed E-state index contributed by atoms with van der Waals surface area (Å²) in [7, 11) is 0. The van der Waals surface area contributed by atoms with Crippen LogP contribution in [0.15, 0.2) is 0 Å². The average molecular weight is 239 g/mol. The van der Waals surface area contributed by atoms with Crippen molar-refractivity contribution in [2.24, 2.45) is 5.92 Å². The number of nitrogens with zero attached hydrogens (tertiary/aromatic N) is 1. The van der Waals surface area contributed by atoms with Crippen molar-refractivity contribution < 1.29 is 0 Å². The third-order valence-corrected chi connectivity index (χ3v) is 3.41. The second-order valence-electron chi connectivity index (χ2n) is 5.59. The first kappa shape index (κ1) is 14.5. The number of likely N-dealkylation sites (tertiary alicyclic amines) is 1. The van der Waals surface area contributed by atoms with Gasteiger partial charge in [-0.2, -0.15) is 0 Å². The van der Waals surface area contributed by atoms with E-state index in [0.29, 0.717) is 5.92 Å². The van der Waals surface area contributed by atoms with Crippen molar-refractivity contribution in [2.75, 3.05) is 26.2 Å². The number of hydrogen-bond acceptors (Lipinski definition) is 2. The lowest BCUT2D eigenvalue weighted by Crippen LogP contribution is -2.33. The molecule has 2 N–H and O–H groups in total. The predicted molar refractivity (Wildman–Crippen MR) is 74.7 cm³/mol. The zero-order valence-corrected chi connectivity index (χ0v) is 11.6. The highest BCUT2D eigenvalue weighted by Crippen LogP contribution is 2.08. The van der Waals surface area contributed by atoms with Crippen LogP contribution in [0.4, 0.5) is 0 Å². The molecule has 1 aliphatic rings. The molecule has 1 saturated heterocycles. The van der Waals surface area contributed by atoms with Gasteiger partial charge in [0.05, 0.1) is 5.84 Å². The molecule has 3 heteroatoms. The third-order valence-electron chi connectivity index (χ3n) is 3.41. The second-order valence-corrected chi connectivity index (χ2v) is 5.59. The Balaban J connectivity index is 1.94. The Morgan fingerprint density at radius 3 is 2.59 bits per heavy atom. The summed E-state index contributed by atoms with van der Waals surface area (Å²) >= 11 is 0. The molecule has 0 amide bonds. The molecule has 0 bridgehead atoms. The zero-order valence-electron chi connectivity index (χ0n) is 11.6. The van der Waals surface area contributed by atoms with Crippen LogP contribution in [-0.4, -0.2) is 36.9 Å². The van der Waals surface area contributed by atoms with Crippen molar-refractivity contribution >= 4 is 5.84 Å². The van der Waals surface area contributed by atoms with Crippen LogP contribution in [0.5, 0.6) is 0 Å². The molecular formula is C14H29N3. The predicted octanol–water partition coefficient (Wildman–Crippen LogP) is 2.87. The number of hydrogen-bond donors (Lipinski definition) is 2. The summed E-state index contributed by atoms with van der Waals surface area (Å²) in [6.07, 6.45) is 7.35. The molecule has 0 aromatic carbocycles.